The van der Waals surface area contributed by atoms with E-state index < -0.39 is 114 Å². The first-order valence-corrected chi connectivity index (χ1v) is 28.2. The number of H-pyrrole nitrogens is 2. The Hall–Kier alpha value is -7.36. The lowest BCUT2D eigenvalue weighted by atomic mass is 9.99. The first kappa shape index (κ1) is 59.9. The van der Waals surface area contributed by atoms with Crippen molar-refractivity contribution >= 4 is 103 Å². The van der Waals surface area contributed by atoms with Gasteiger partial charge in [-0.05, 0) is 68.2 Å². The maximum absolute atomic E-state index is 15.1. The third-order valence-electron chi connectivity index (χ3n) is 13.2. The van der Waals surface area contributed by atoms with Crippen LogP contribution in [0.2, 0.25) is 0 Å². The van der Waals surface area contributed by atoms with Crippen LogP contribution in [0.4, 0.5) is 0 Å². The molecule has 4 heterocycles. The van der Waals surface area contributed by atoms with E-state index in [0.717, 1.165) is 43.4 Å². The molecular formula is C51H71N15O10S2. The van der Waals surface area contributed by atoms with E-state index >= 15 is 4.79 Å². The number of fused-ring (bicyclic) bond motifs is 3. The van der Waals surface area contributed by atoms with E-state index in [0.29, 0.717) is 17.5 Å². The number of nitrogens with two attached hydrogens (primary N) is 4. The van der Waals surface area contributed by atoms with Gasteiger partial charge in [0.05, 0.1) is 18.7 Å². The van der Waals surface area contributed by atoms with Crippen LogP contribution in [-0.4, -0.2) is 165 Å². The number of para-hydroxylation sites is 2. The van der Waals surface area contributed by atoms with Crippen LogP contribution in [0.5, 0.6) is 0 Å². The van der Waals surface area contributed by atoms with Crippen molar-refractivity contribution < 1.29 is 48.3 Å². The van der Waals surface area contributed by atoms with Crippen molar-refractivity contribution in [3.63, 3.8) is 0 Å². The van der Waals surface area contributed by atoms with Gasteiger partial charge in [-0.3, -0.25) is 48.1 Å². The molecule has 2 saturated heterocycles. The molecule has 9 atom stereocenters. The van der Waals surface area contributed by atoms with E-state index in [-0.39, 0.29) is 75.0 Å². The molecular weight excluding hydrogens is 1050 g/mol. The molecule has 2 aliphatic rings. The van der Waals surface area contributed by atoms with E-state index in [4.69, 9.17) is 22.9 Å². The van der Waals surface area contributed by atoms with Crippen LogP contribution >= 0.6 is 21.6 Å². The highest BCUT2D eigenvalue weighted by atomic mass is 33.1. The van der Waals surface area contributed by atoms with Crippen molar-refractivity contribution in [3.05, 3.63) is 72.1 Å². The number of carbonyl (C=O) groups is 9. The number of aromatic nitrogens is 2. The maximum atomic E-state index is 15.1. The molecule has 0 spiro atoms. The lowest BCUT2D eigenvalue weighted by Crippen LogP contribution is -2.61. The smallest absolute Gasteiger partial charge is 0.245 e. The van der Waals surface area contributed by atoms with Gasteiger partial charge in [0.2, 0.25) is 53.2 Å². The summed E-state index contributed by atoms with van der Waals surface area (Å²) in [5, 5.41) is 31.1. The van der Waals surface area contributed by atoms with Gasteiger partial charge < -0.3 is 80.1 Å². The Bertz CT molecular complexity index is 2840. The van der Waals surface area contributed by atoms with E-state index in [2.05, 4.69) is 52.2 Å². The zero-order valence-electron chi connectivity index (χ0n) is 43.7. The molecule has 0 aliphatic carbocycles. The number of nitrogens with zero attached hydrogens (tertiary/aromatic N) is 2. The molecule has 422 valence electrons. The number of aliphatic hydroxyl groups excluding tert-OH is 1. The molecule has 2 aromatic heterocycles. The predicted octanol–water partition coefficient (Wildman–Crippen LogP) is -1.86. The topological polar surface area (TPSA) is 409 Å². The monoisotopic (exact) mass is 1120 g/mol. The molecule has 0 unspecified atom stereocenters. The Morgan fingerprint density at radius 2 is 1.27 bits per heavy atom. The van der Waals surface area contributed by atoms with Crippen molar-refractivity contribution in [2.75, 3.05) is 31.1 Å². The molecule has 2 aliphatic heterocycles. The van der Waals surface area contributed by atoms with E-state index in [1.807, 2.05) is 62.4 Å². The van der Waals surface area contributed by atoms with E-state index in [9.17, 15) is 43.5 Å². The molecule has 2 fully saturated rings. The minimum absolute atomic E-state index is 0.0362. The number of rotatable bonds is 14. The van der Waals surface area contributed by atoms with Crippen molar-refractivity contribution in [3.8, 4) is 0 Å². The molecule has 0 bridgehead atoms. The summed E-state index contributed by atoms with van der Waals surface area (Å²) in [6.07, 6.45) is 2.51. The fourth-order valence-electron chi connectivity index (χ4n) is 9.23. The van der Waals surface area contributed by atoms with Gasteiger partial charge in [0.25, 0.3) is 0 Å². The summed E-state index contributed by atoms with van der Waals surface area (Å²) < 4.78 is 0. The van der Waals surface area contributed by atoms with Crippen LogP contribution in [0.3, 0.4) is 0 Å². The summed E-state index contributed by atoms with van der Waals surface area (Å²) in [4.78, 5) is 138. The van der Waals surface area contributed by atoms with Crippen molar-refractivity contribution in [2.24, 2.45) is 33.8 Å². The van der Waals surface area contributed by atoms with Gasteiger partial charge >= 0.3 is 0 Å². The van der Waals surface area contributed by atoms with Gasteiger partial charge in [0, 0.05) is 71.6 Å². The molecule has 0 radical (unpaired) electrons. The quantitative estimate of drug-likeness (QED) is 0.0285. The molecule has 9 amide bonds. The average Bonchev–Trinajstić information content (AvgIpc) is 4.17. The van der Waals surface area contributed by atoms with Crippen LogP contribution in [0.15, 0.2) is 65.9 Å². The minimum atomic E-state index is -1.61. The third kappa shape index (κ3) is 16.6. The zero-order valence-corrected chi connectivity index (χ0v) is 45.3. The largest absolute Gasteiger partial charge is 0.391 e. The summed E-state index contributed by atoms with van der Waals surface area (Å²) in [5.41, 5.74) is 25.5. The highest BCUT2D eigenvalue weighted by molar-refractivity contribution is 8.76. The first-order valence-electron chi connectivity index (χ1n) is 25.7. The second-order valence-corrected chi connectivity index (χ2v) is 22.3. The molecule has 2 aromatic carbocycles. The Morgan fingerprint density at radius 1 is 0.718 bits per heavy atom. The summed E-state index contributed by atoms with van der Waals surface area (Å²) >= 11 is 0. The molecule has 25 nitrogen and oxygen atoms in total. The van der Waals surface area contributed by atoms with Gasteiger partial charge in [-0.1, -0.05) is 71.8 Å². The van der Waals surface area contributed by atoms with Gasteiger partial charge in [0.1, 0.15) is 42.3 Å². The Balaban J connectivity index is 1.41. The van der Waals surface area contributed by atoms with Crippen LogP contribution < -0.4 is 60.2 Å². The molecule has 0 saturated carbocycles. The molecule has 6 rings (SSSR count). The lowest BCUT2D eigenvalue weighted by molar-refractivity contribution is -0.143. The summed E-state index contributed by atoms with van der Waals surface area (Å²) in [5.74, 6) is -7.73. The molecule has 18 N–H and O–H groups in total. The maximum Gasteiger partial charge on any atom is 0.245 e. The number of primary amides is 1. The number of hydrogen-bond donors (Lipinski definition) is 14. The first-order chi connectivity index (χ1) is 37.2. The van der Waals surface area contributed by atoms with Crippen LogP contribution in [0, 0.1) is 5.92 Å². The fourth-order valence-corrected chi connectivity index (χ4v) is 11.5. The van der Waals surface area contributed by atoms with Crippen molar-refractivity contribution in [1.29, 1.82) is 0 Å². The lowest BCUT2D eigenvalue weighted by Gasteiger charge is -2.31. The fraction of sp³-hybridized carbons (Fsp3) is 0.490. The minimum Gasteiger partial charge on any atom is -0.391 e. The zero-order chi connectivity index (χ0) is 56.6. The Kier molecular flexibility index (Phi) is 21.7. The number of carbonyl (C=O) groups excluding carboxylic acids is 9. The molecule has 78 heavy (non-hydrogen) atoms. The highest BCUT2D eigenvalue weighted by Crippen LogP contribution is 2.25. The number of aliphatic imine (C=N–C) groups is 1. The predicted molar refractivity (Wildman–Crippen MR) is 296 cm³/mol. The van der Waals surface area contributed by atoms with E-state index in [1.54, 1.807) is 12.4 Å². The summed E-state index contributed by atoms with van der Waals surface area (Å²) in [7, 11) is 2.08. The second kappa shape index (κ2) is 28.3. The second-order valence-electron chi connectivity index (χ2n) is 19.8. The number of amides is 9. The van der Waals surface area contributed by atoms with Gasteiger partial charge in [-0.2, -0.15) is 0 Å². The van der Waals surface area contributed by atoms with Crippen LogP contribution in [0.25, 0.3) is 21.8 Å². The number of aromatic amines is 2. The van der Waals surface area contributed by atoms with Gasteiger partial charge in [-0.15, -0.1) is 0 Å². The molecule has 4 aromatic rings. The Morgan fingerprint density at radius 3 is 1.85 bits per heavy atom. The van der Waals surface area contributed by atoms with Crippen molar-refractivity contribution in [2.45, 2.75) is 120 Å². The number of hydrogen-bond acceptors (Lipinski definition) is 14. The summed E-state index contributed by atoms with van der Waals surface area (Å²) in [6.45, 7) is 4.52. The number of aliphatic hydroxyl groups is 1. The van der Waals surface area contributed by atoms with E-state index in [1.165, 1.54) is 11.8 Å². The van der Waals surface area contributed by atoms with Crippen LogP contribution in [0.1, 0.15) is 64.0 Å². The van der Waals surface area contributed by atoms with Gasteiger partial charge in [-0.25, -0.2) is 0 Å². The highest BCUT2D eigenvalue weighted by Gasteiger charge is 2.41. The number of guanidine groups is 1. The van der Waals surface area contributed by atoms with Gasteiger partial charge in [0.15, 0.2) is 5.96 Å². The number of nitrogens with one attached hydrogen (secondary N) is 9. The standard InChI is InChI=1S/C51H71N15O10S2/c1-26(2)18-36-45(71)64-39(44(70)59-23-41(53)68)25-78-77-24-32(52)43(69)65-42(27(3)67)49(75)60-35(14-8-16-56-51(54)55)50(76)66-17-9-15-40(66)48(74)63-38(20-29-22-58-34-13-7-5-11-31(29)34)47(73)62-37(46(72)61-36)19-28-21-57-33-12-6-4-10-30(28)33/h4-7,10-13,21-22,26-27,32,35-40,42,57-58,67H,8-9,14-20,23-25,52H2,1-3H3,(H2,53,68)(H,59,70)(H,60,75)(H,61,72)(H,62,73)(H,63,74)(H,64,71)(H,65,69)(H4,54,55,56)/t27-,32+,35+,36+,37+,38+,39+,40+,42+/m1/s1. The Labute approximate surface area is 458 Å². The normalized spacial score (nSPS) is 24.3. The van der Waals surface area contributed by atoms with Crippen molar-refractivity contribution in [1.82, 2.24) is 52.1 Å². The third-order valence-corrected chi connectivity index (χ3v) is 15.7. The summed E-state index contributed by atoms with van der Waals surface area (Å²) in [6, 6.07) is 4.01. The average molecular weight is 1120 g/mol. The van der Waals surface area contributed by atoms with Crippen LogP contribution in [-0.2, 0) is 56.0 Å². The molecule has 27 heteroatoms. The SMILES string of the molecule is CC(C)C[C@@H]1NC(=O)[C@H](Cc2c[nH]c3ccccc23)NC(=O)[C@H](Cc2c[nH]c3ccccc23)NC(=O)[C@@H]2CCCN2C(=O)[C@H](CCCN=C(N)N)NC(=O)[C@H]([C@@H](C)O)NC(=O)[C@@H](N)CSSC[C@@H](C(=O)NCC(N)=O)NC1=O. The number of benzene rings is 2.